The molecule has 0 fully saturated rings. The van der Waals surface area contributed by atoms with Crippen LogP contribution in [0.3, 0.4) is 0 Å². The van der Waals surface area contributed by atoms with Crippen molar-refractivity contribution in [3.05, 3.63) is 59.0 Å². The highest BCUT2D eigenvalue weighted by atomic mass is 19.4. The fourth-order valence-corrected chi connectivity index (χ4v) is 4.33. The molecule has 0 aliphatic carbocycles. The number of hydrogen-bond donors (Lipinski definition) is 1. The first-order valence-corrected chi connectivity index (χ1v) is 11.1. The quantitative estimate of drug-likeness (QED) is 0.614. The predicted octanol–water partition coefficient (Wildman–Crippen LogP) is 3.47. The summed E-state index contributed by atoms with van der Waals surface area (Å²) in [6.45, 7) is 3.36. The Morgan fingerprint density at radius 3 is 2.65 bits per heavy atom. The summed E-state index contributed by atoms with van der Waals surface area (Å²) in [5.74, 6) is 1.30. The monoisotopic (exact) mass is 471 g/mol. The van der Waals surface area contributed by atoms with Crippen LogP contribution in [0.1, 0.15) is 35.7 Å². The van der Waals surface area contributed by atoms with Crippen LogP contribution in [-0.2, 0) is 30.5 Å². The minimum Gasteiger partial charge on any atom is -0.350 e. The molecule has 0 unspecified atom stereocenters. The van der Waals surface area contributed by atoms with Gasteiger partial charge in [-0.05, 0) is 37.5 Å². The molecule has 11 heteroatoms. The highest BCUT2D eigenvalue weighted by molar-refractivity contribution is 6.05. The molecular weight excluding hydrogens is 447 g/mol. The van der Waals surface area contributed by atoms with Gasteiger partial charge in [-0.15, -0.1) is 0 Å². The van der Waals surface area contributed by atoms with E-state index in [2.05, 4.69) is 20.4 Å². The number of alkyl halides is 3. The fourth-order valence-electron chi connectivity index (χ4n) is 4.33. The smallest absolute Gasteiger partial charge is 0.350 e. The minimum absolute atomic E-state index is 0.0701. The highest BCUT2D eigenvalue weighted by Crippen LogP contribution is 2.39. The third-order valence-corrected chi connectivity index (χ3v) is 6.30. The maximum Gasteiger partial charge on any atom is 0.416 e. The van der Waals surface area contributed by atoms with Gasteiger partial charge in [0.15, 0.2) is 5.82 Å². The molecule has 34 heavy (non-hydrogen) atoms. The zero-order valence-corrected chi connectivity index (χ0v) is 18.8. The Balaban J connectivity index is 1.28. The number of aryl methyl sites for hydroxylation is 1. The van der Waals surface area contributed by atoms with Gasteiger partial charge in [-0.25, -0.2) is 4.98 Å². The average Bonchev–Trinajstić information content (AvgIpc) is 3.26. The molecule has 4 heterocycles. The lowest BCUT2D eigenvalue weighted by molar-refractivity contribution is -0.137. The molecule has 1 aromatic carbocycles. The van der Waals surface area contributed by atoms with Crippen LogP contribution in [0, 0.1) is 0 Å². The Bertz CT molecular complexity index is 1220. The number of anilines is 3. The first-order valence-electron chi connectivity index (χ1n) is 11.1. The van der Waals surface area contributed by atoms with E-state index in [0.29, 0.717) is 25.6 Å². The Kier molecular flexibility index (Phi) is 5.41. The summed E-state index contributed by atoms with van der Waals surface area (Å²) < 4.78 is 39.9. The number of carbonyl (C=O) groups excluding carboxylic acids is 1. The molecule has 5 rings (SSSR count). The van der Waals surface area contributed by atoms with Crippen LogP contribution in [-0.4, -0.2) is 45.3 Å². The van der Waals surface area contributed by atoms with Crippen molar-refractivity contribution in [3.63, 3.8) is 0 Å². The van der Waals surface area contributed by atoms with E-state index in [0.717, 1.165) is 53.3 Å². The molecule has 1 amide bonds. The molecule has 0 saturated carbocycles. The van der Waals surface area contributed by atoms with Crippen molar-refractivity contribution in [2.45, 2.75) is 45.1 Å². The second-order valence-electron chi connectivity index (χ2n) is 8.64. The first kappa shape index (κ1) is 22.2. The minimum atomic E-state index is -4.35. The number of halogens is 3. The number of rotatable bonds is 5. The highest BCUT2D eigenvalue weighted by Gasteiger charge is 2.38. The van der Waals surface area contributed by atoms with Crippen molar-refractivity contribution in [1.29, 1.82) is 0 Å². The number of nitrogens with zero attached hydrogens (tertiary/aromatic N) is 6. The SMILES string of the molecule is C[C@H]1C(=O)N2CCCc3nc(NCc4cnn(Cc5ccc(C(F)(F)F)cc5)c4)nc(c32)N1C. The van der Waals surface area contributed by atoms with E-state index in [1.165, 1.54) is 12.1 Å². The number of carbonyl (C=O) groups is 1. The van der Waals surface area contributed by atoms with Gasteiger partial charge >= 0.3 is 6.18 Å². The van der Waals surface area contributed by atoms with Crippen molar-refractivity contribution >= 4 is 23.4 Å². The normalized spacial score (nSPS) is 17.7. The van der Waals surface area contributed by atoms with Gasteiger partial charge in [0.25, 0.3) is 0 Å². The summed E-state index contributed by atoms with van der Waals surface area (Å²) in [6, 6.07) is 4.78. The van der Waals surface area contributed by atoms with Crippen molar-refractivity contribution < 1.29 is 18.0 Å². The van der Waals surface area contributed by atoms with E-state index in [4.69, 9.17) is 0 Å². The van der Waals surface area contributed by atoms with E-state index >= 15 is 0 Å². The van der Waals surface area contributed by atoms with Crippen molar-refractivity contribution in [2.75, 3.05) is 28.7 Å². The zero-order chi connectivity index (χ0) is 24.0. The number of benzene rings is 1. The van der Waals surface area contributed by atoms with Crippen LogP contribution in [0.5, 0.6) is 0 Å². The second-order valence-corrected chi connectivity index (χ2v) is 8.64. The topological polar surface area (TPSA) is 79.2 Å². The van der Waals surface area contributed by atoms with Crippen LogP contribution in [0.4, 0.5) is 30.6 Å². The number of hydrogen-bond acceptors (Lipinski definition) is 6. The lowest BCUT2D eigenvalue weighted by atomic mass is 10.0. The van der Waals surface area contributed by atoms with Gasteiger partial charge in [0, 0.05) is 31.9 Å². The second kappa shape index (κ2) is 8.30. The van der Waals surface area contributed by atoms with Crippen LogP contribution in [0.2, 0.25) is 0 Å². The molecule has 2 aliphatic heterocycles. The molecule has 8 nitrogen and oxygen atoms in total. The Labute approximate surface area is 194 Å². The molecular formula is C23H24F3N7O. The van der Waals surface area contributed by atoms with Gasteiger partial charge in [0.05, 0.1) is 24.0 Å². The van der Waals surface area contributed by atoms with Gasteiger partial charge < -0.3 is 15.1 Å². The fraction of sp³-hybridized carbons (Fsp3) is 0.391. The molecule has 3 aromatic rings. The summed E-state index contributed by atoms with van der Waals surface area (Å²) in [5, 5.41) is 7.55. The number of amides is 1. The van der Waals surface area contributed by atoms with Crippen molar-refractivity contribution in [2.24, 2.45) is 0 Å². The molecule has 0 saturated heterocycles. The molecule has 0 radical (unpaired) electrons. The lowest BCUT2D eigenvalue weighted by Gasteiger charge is -2.41. The van der Waals surface area contributed by atoms with Crippen LogP contribution in [0.25, 0.3) is 0 Å². The van der Waals surface area contributed by atoms with E-state index in [-0.39, 0.29) is 11.9 Å². The van der Waals surface area contributed by atoms with Crippen LogP contribution in [0.15, 0.2) is 36.7 Å². The van der Waals surface area contributed by atoms with Crippen molar-refractivity contribution in [1.82, 2.24) is 19.7 Å². The Morgan fingerprint density at radius 2 is 1.91 bits per heavy atom. The average molecular weight is 471 g/mol. The summed E-state index contributed by atoms with van der Waals surface area (Å²) in [7, 11) is 1.87. The van der Waals surface area contributed by atoms with Gasteiger partial charge in [0.2, 0.25) is 11.9 Å². The van der Waals surface area contributed by atoms with Gasteiger partial charge in [-0.2, -0.15) is 23.3 Å². The third-order valence-electron chi connectivity index (χ3n) is 6.30. The molecule has 0 spiro atoms. The van der Waals surface area contributed by atoms with E-state index in [1.807, 2.05) is 25.1 Å². The molecule has 178 valence electrons. The number of nitrogens with one attached hydrogen (secondary N) is 1. The molecule has 0 bridgehead atoms. The van der Waals surface area contributed by atoms with E-state index in [9.17, 15) is 18.0 Å². The maximum absolute atomic E-state index is 12.7. The summed E-state index contributed by atoms with van der Waals surface area (Å²) in [4.78, 5) is 25.7. The third kappa shape index (κ3) is 4.06. The van der Waals surface area contributed by atoms with Gasteiger partial charge in [-0.1, -0.05) is 12.1 Å². The van der Waals surface area contributed by atoms with E-state index in [1.54, 1.807) is 15.8 Å². The summed E-state index contributed by atoms with van der Waals surface area (Å²) in [5.41, 5.74) is 2.62. The molecule has 2 aliphatic rings. The number of aromatic nitrogens is 4. The van der Waals surface area contributed by atoms with Crippen LogP contribution >= 0.6 is 0 Å². The molecule has 1 atom stereocenters. The summed E-state index contributed by atoms with van der Waals surface area (Å²) >= 11 is 0. The van der Waals surface area contributed by atoms with Gasteiger partial charge in [0.1, 0.15) is 11.7 Å². The molecule has 2 aromatic heterocycles. The largest absolute Gasteiger partial charge is 0.416 e. The lowest BCUT2D eigenvalue weighted by Crippen LogP contribution is -2.53. The maximum atomic E-state index is 12.7. The van der Waals surface area contributed by atoms with E-state index < -0.39 is 11.7 Å². The van der Waals surface area contributed by atoms with Gasteiger partial charge in [-0.3, -0.25) is 9.48 Å². The molecule has 1 N–H and O–H groups in total. The van der Waals surface area contributed by atoms with Crippen molar-refractivity contribution in [3.8, 4) is 0 Å². The first-order chi connectivity index (χ1) is 16.2. The standard InChI is InChI=1S/C23H24F3N7O/c1-14-21(34)33-9-3-4-18-19(33)20(31(14)2)30-22(29-18)27-10-16-11-28-32(13-16)12-15-5-7-17(8-6-15)23(24,25)26/h5-8,11,13-14H,3-4,9-10,12H2,1-2H3,(H,27,29,30)/t14-/m0/s1. The summed E-state index contributed by atoms with van der Waals surface area (Å²) in [6.07, 6.45) is 0.842. The zero-order valence-electron chi connectivity index (χ0n) is 18.8. The Hall–Kier alpha value is -3.63. The Morgan fingerprint density at radius 1 is 1.15 bits per heavy atom. The number of likely N-dealkylation sites (N-methyl/N-ethyl adjacent to an activating group) is 1. The van der Waals surface area contributed by atoms with Crippen LogP contribution < -0.4 is 15.1 Å². The predicted molar refractivity (Wildman–Crippen MR) is 121 cm³/mol.